The molecule has 1 fully saturated rings. The average molecular weight is 141 g/mol. The summed E-state index contributed by atoms with van der Waals surface area (Å²) in [5.74, 6) is 0.149. The lowest BCUT2D eigenvalue weighted by atomic mass is 10.1. The van der Waals surface area contributed by atoms with Gasteiger partial charge < -0.3 is 4.74 Å². The van der Waals surface area contributed by atoms with Crippen molar-refractivity contribution in [3.05, 3.63) is 6.61 Å². The lowest BCUT2D eigenvalue weighted by Crippen LogP contribution is -2.12. The Kier molecular flexibility index (Phi) is 2.72. The minimum Gasteiger partial charge on any atom is -0.459 e. The van der Waals surface area contributed by atoms with Gasteiger partial charge in [0.15, 0.2) is 0 Å². The van der Waals surface area contributed by atoms with Crippen molar-refractivity contribution in [3.63, 3.8) is 0 Å². The van der Waals surface area contributed by atoms with E-state index >= 15 is 0 Å². The first-order valence-electron chi connectivity index (χ1n) is 3.83. The maximum atomic E-state index is 11.0. The number of hydrogen-bond acceptors (Lipinski definition) is 2. The van der Waals surface area contributed by atoms with Crippen LogP contribution in [0, 0.1) is 12.5 Å². The van der Waals surface area contributed by atoms with Gasteiger partial charge in [0.1, 0.15) is 6.61 Å². The Labute approximate surface area is 61.6 Å². The first kappa shape index (κ1) is 7.58. The molecule has 0 heterocycles. The van der Waals surface area contributed by atoms with E-state index in [1.165, 1.54) is 19.4 Å². The van der Waals surface area contributed by atoms with Gasteiger partial charge >= 0.3 is 5.97 Å². The summed E-state index contributed by atoms with van der Waals surface area (Å²) >= 11 is 0. The van der Waals surface area contributed by atoms with Crippen molar-refractivity contribution in [1.29, 1.82) is 0 Å². The quantitative estimate of drug-likeness (QED) is 0.549. The van der Waals surface area contributed by atoms with Crippen LogP contribution in [0.2, 0.25) is 0 Å². The summed E-state index contributed by atoms with van der Waals surface area (Å²) in [6, 6.07) is 0. The molecule has 0 unspecified atom stereocenters. The first-order valence-corrected chi connectivity index (χ1v) is 3.83. The van der Waals surface area contributed by atoms with Gasteiger partial charge in [-0.3, -0.25) is 4.79 Å². The van der Waals surface area contributed by atoms with E-state index in [2.05, 4.69) is 0 Å². The second kappa shape index (κ2) is 3.59. The number of carbonyl (C=O) groups is 1. The molecule has 10 heavy (non-hydrogen) atoms. The topological polar surface area (TPSA) is 26.3 Å². The van der Waals surface area contributed by atoms with Gasteiger partial charge in [0.05, 0.1) is 5.92 Å². The van der Waals surface area contributed by atoms with Crippen molar-refractivity contribution in [2.75, 3.05) is 0 Å². The molecule has 57 valence electrons. The first-order chi connectivity index (χ1) is 4.84. The van der Waals surface area contributed by atoms with Gasteiger partial charge in [0.2, 0.25) is 0 Å². The second-order valence-corrected chi connectivity index (χ2v) is 2.65. The summed E-state index contributed by atoms with van der Waals surface area (Å²) in [4.78, 5) is 11.0. The molecule has 0 bridgehead atoms. The predicted molar refractivity (Wildman–Crippen MR) is 38.0 cm³/mol. The number of carbonyl (C=O) groups excluding carboxylic acids is 1. The Bertz CT molecular complexity index is 114. The van der Waals surface area contributed by atoms with Crippen LogP contribution in [0.1, 0.15) is 32.6 Å². The Morgan fingerprint density at radius 1 is 1.50 bits per heavy atom. The van der Waals surface area contributed by atoms with Crippen LogP contribution >= 0.6 is 0 Å². The molecule has 1 radical (unpaired) electrons. The van der Waals surface area contributed by atoms with E-state index in [0.717, 1.165) is 12.8 Å². The van der Waals surface area contributed by atoms with Crippen LogP contribution in [0.3, 0.4) is 0 Å². The van der Waals surface area contributed by atoms with Crippen LogP contribution in [-0.4, -0.2) is 5.97 Å². The molecule has 2 nitrogen and oxygen atoms in total. The highest BCUT2D eigenvalue weighted by molar-refractivity contribution is 5.72. The van der Waals surface area contributed by atoms with Crippen molar-refractivity contribution in [3.8, 4) is 0 Å². The summed E-state index contributed by atoms with van der Waals surface area (Å²) in [5, 5.41) is 0. The Morgan fingerprint density at radius 3 is 2.60 bits per heavy atom. The number of ether oxygens (including phenoxy) is 1. The summed E-state index contributed by atoms with van der Waals surface area (Å²) in [7, 11) is 0. The molecule has 0 amide bonds. The normalized spacial score (nSPS) is 19.3. The van der Waals surface area contributed by atoms with Crippen LogP contribution in [-0.2, 0) is 9.53 Å². The molecule has 0 N–H and O–H groups in total. The third-order valence-electron chi connectivity index (χ3n) is 1.92. The average Bonchev–Trinajstić information content (AvgIpc) is 2.38. The highest BCUT2D eigenvalue weighted by Crippen LogP contribution is 2.25. The summed E-state index contributed by atoms with van der Waals surface area (Å²) in [6.07, 6.45) is 4.41. The molecular weight excluding hydrogens is 128 g/mol. The number of esters is 1. The summed E-state index contributed by atoms with van der Waals surface area (Å²) in [6.45, 7) is 3.19. The third-order valence-corrected chi connectivity index (χ3v) is 1.92. The van der Waals surface area contributed by atoms with Gasteiger partial charge in [-0.15, -0.1) is 0 Å². The largest absolute Gasteiger partial charge is 0.459 e. The minimum absolute atomic E-state index is 0.0417. The van der Waals surface area contributed by atoms with Crippen molar-refractivity contribution >= 4 is 5.97 Å². The lowest BCUT2D eigenvalue weighted by molar-refractivity contribution is -0.144. The summed E-state index contributed by atoms with van der Waals surface area (Å²) in [5.41, 5.74) is 0. The Morgan fingerprint density at radius 2 is 2.10 bits per heavy atom. The summed E-state index contributed by atoms with van der Waals surface area (Å²) < 4.78 is 4.76. The fourth-order valence-electron chi connectivity index (χ4n) is 1.37. The maximum Gasteiger partial charge on any atom is 0.309 e. The standard InChI is InChI=1S/C8H13O2/c1-2-10-8(9)7-5-3-4-6-7/h2,7H,3-6H2,1H3. The monoisotopic (exact) mass is 141 g/mol. The molecule has 0 spiro atoms. The zero-order valence-electron chi connectivity index (χ0n) is 6.30. The maximum absolute atomic E-state index is 11.0. The van der Waals surface area contributed by atoms with E-state index in [4.69, 9.17) is 4.74 Å². The fourth-order valence-corrected chi connectivity index (χ4v) is 1.37. The Balaban J connectivity index is 2.25. The molecule has 1 saturated carbocycles. The highest BCUT2D eigenvalue weighted by Gasteiger charge is 2.23. The molecule has 1 rings (SSSR count). The lowest BCUT2D eigenvalue weighted by Gasteiger charge is -2.05. The molecule has 0 aromatic heterocycles. The van der Waals surface area contributed by atoms with Crippen molar-refractivity contribution in [1.82, 2.24) is 0 Å². The number of hydrogen-bond donors (Lipinski definition) is 0. The molecule has 0 saturated heterocycles. The minimum atomic E-state index is -0.0417. The van der Waals surface area contributed by atoms with Gasteiger partial charge in [-0.1, -0.05) is 12.8 Å². The van der Waals surface area contributed by atoms with Crippen molar-refractivity contribution in [2.24, 2.45) is 5.92 Å². The molecule has 0 aromatic carbocycles. The van der Waals surface area contributed by atoms with E-state index in [1.54, 1.807) is 6.92 Å². The molecule has 1 aliphatic carbocycles. The van der Waals surface area contributed by atoms with Gasteiger partial charge in [-0.05, 0) is 19.8 Å². The van der Waals surface area contributed by atoms with Crippen LogP contribution in [0.15, 0.2) is 0 Å². The predicted octanol–water partition coefficient (Wildman–Crippen LogP) is 1.90. The van der Waals surface area contributed by atoms with E-state index in [9.17, 15) is 4.79 Å². The van der Waals surface area contributed by atoms with E-state index < -0.39 is 0 Å². The van der Waals surface area contributed by atoms with Crippen LogP contribution in [0.5, 0.6) is 0 Å². The highest BCUT2D eigenvalue weighted by atomic mass is 16.5. The fraction of sp³-hybridized carbons (Fsp3) is 0.750. The smallest absolute Gasteiger partial charge is 0.309 e. The molecular formula is C8H13O2. The van der Waals surface area contributed by atoms with E-state index in [-0.39, 0.29) is 11.9 Å². The van der Waals surface area contributed by atoms with E-state index in [1.807, 2.05) is 0 Å². The SMILES string of the molecule is C[CH]OC(=O)C1CCCC1. The molecule has 0 aromatic rings. The Hall–Kier alpha value is -0.530. The van der Waals surface area contributed by atoms with Gasteiger partial charge in [-0.2, -0.15) is 0 Å². The molecule has 0 atom stereocenters. The van der Waals surface area contributed by atoms with Crippen LogP contribution < -0.4 is 0 Å². The van der Waals surface area contributed by atoms with E-state index in [0.29, 0.717) is 0 Å². The van der Waals surface area contributed by atoms with Crippen LogP contribution in [0.4, 0.5) is 0 Å². The zero-order chi connectivity index (χ0) is 7.40. The third kappa shape index (κ3) is 1.72. The van der Waals surface area contributed by atoms with Gasteiger partial charge in [0.25, 0.3) is 0 Å². The van der Waals surface area contributed by atoms with Gasteiger partial charge in [-0.25, -0.2) is 0 Å². The molecule has 2 heteroatoms. The van der Waals surface area contributed by atoms with Crippen molar-refractivity contribution < 1.29 is 9.53 Å². The molecule has 0 aliphatic heterocycles. The van der Waals surface area contributed by atoms with Gasteiger partial charge in [0, 0.05) is 0 Å². The van der Waals surface area contributed by atoms with Crippen molar-refractivity contribution in [2.45, 2.75) is 32.6 Å². The second-order valence-electron chi connectivity index (χ2n) is 2.65. The molecule has 1 aliphatic rings. The van der Waals surface area contributed by atoms with Crippen LogP contribution in [0.25, 0.3) is 0 Å². The number of rotatable bonds is 2. The zero-order valence-corrected chi connectivity index (χ0v) is 6.30.